The van der Waals surface area contributed by atoms with Gasteiger partial charge in [-0.1, -0.05) is 13.3 Å². The molecule has 2 fully saturated rings. The first-order chi connectivity index (χ1) is 10.1. The highest BCUT2D eigenvalue weighted by Crippen LogP contribution is 2.22. The van der Waals surface area contributed by atoms with Crippen LogP contribution in [0.3, 0.4) is 0 Å². The maximum absolute atomic E-state index is 12.6. The van der Waals surface area contributed by atoms with Gasteiger partial charge in [-0.05, 0) is 58.5 Å². The number of nitrogens with zero attached hydrogens (tertiary/aromatic N) is 2. The van der Waals surface area contributed by atoms with Crippen LogP contribution in [-0.2, 0) is 4.79 Å². The van der Waals surface area contributed by atoms with E-state index in [1.165, 1.54) is 38.8 Å². The smallest absolute Gasteiger partial charge is 0.225 e. The van der Waals surface area contributed by atoms with E-state index in [0.717, 1.165) is 32.4 Å². The number of carbonyl (C=O) groups is 1. The van der Waals surface area contributed by atoms with Gasteiger partial charge in [-0.2, -0.15) is 0 Å². The average molecular weight is 295 g/mol. The minimum absolute atomic E-state index is 0.154. The molecule has 2 aliphatic rings. The zero-order chi connectivity index (χ0) is 15.2. The summed E-state index contributed by atoms with van der Waals surface area (Å²) in [7, 11) is 0. The Morgan fingerprint density at radius 2 is 1.86 bits per heavy atom. The van der Waals surface area contributed by atoms with Crippen molar-refractivity contribution in [2.75, 3.05) is 26.2 Å². The van der Waals surface area contributed by atoms with Gasteiger partial charge in [0.2, 0.25) is 5.91 Å². The summed E-state index contributed by atoms with van der Waals surface area (Å²) in [6.45, 7) is 8.51. The fourth-order valence-electron chi connectivity index (χ4n) is 3.74. The molecule has 0 bridgehead atoms. The largest absolute Gasteiger partial charge is 0.341 e. The molecule has 0 spiro atoms. The Morgan fingerprint density at radius 3 is 2.52 bits per heavy atom. The fourth-order valence-corrected chi connectivity index (χ4v) is 3.74. The Hall–Kier alpha value is -0.610. The monoisotopic (exact) mass is 295 g/mol. The first-order valence-corrected chi connectivity index (χ1v) is 8.86. The second kappa shape index (κ2) is 8.14. The SMILES string of the molecule is CC(N)CCCC(C)C(=O)N1CCCC(N2CCCC2)C1. The van der Waals surface area contributed by atoms with Gasteiger partial charge in [0.25, 0.3) is 0 Å². The summed E-state index contributed by atoms with van der Waals surface area (Å²) >= 11 is 0. The van der Waals surface area contributed by atoms with E-state index in [1.807, 2.05) is 6.92 Å². The van der Waals surface area contributed by atoms with E-state index in [-0.39, 0.29) is 12.0 Å². The summed E-state index contributed by atoms with van der Waals surface area (Å²) in [5.74, 6) is 0.518. The number of piperidine rings is 1. The van der Waals surface area contributed by atoms with E-state index in [4.69, 9.17) is 5.73 Å². The summed E-state index contributed by atoms with van der Waals surface area (Å²) in [5, 5.41) is 0. The molecule has 1 amide bonds. The molecule has 0 aromatic heterocycles. The Labute approximate surface area is 130 Å². The van der Waals surface area contributed by atoms with E-state index in [0.29, 0.717) is 11.9 Å². The number of carbonyl (C=O) groups excluding carboxylic acids is 1. The van der Waals surface area contributed by atoms with Crippen LogP contribution in [0.25, 0.3) is 0 Å². The van der Waals surface area contributed by atoms with Crippen LogP contribution >= 0.6 is 0 Å². The van der Waals surface area contributed by atoms with E-state index in [2.05, 4.69) is 16.7 Å². The van der Waals surface area contributed by atoms with Crippen molar-refractivity contribution in [1.82, 2.24) is 9.80 Å². The second-order valence-electron chi connectivity index (χ2n) is 7.13. The highest BCUT2D eigenvalue weighted by atomic mass is 16.2. The maximum atomic E-state index is 12.6. The van der Waals surface area contributed by atoms with Crippen LogP contribution in [0.5, 0.6) is 0 Å². The lowest BCUT2D eigenvalue weighted by Gasteiger charge is -2.38. The van der Waals surface area contributed by atoms with Crippen molar-refractivity contribution in [2.24, 2.45) is 11.7 Å². The predicted octanol–water partition coefficient (Wildman–Crippen LogP) is 2.23. The van der Waals surface area contributed by atoms with Crippen LogP contribution in [0.1, 0.15) is 58.8 Å². The number of amides is 1. The molecule has 0 aromatic rings. The van der Waals surface area contributed by atoms with E-state index in [1.54, 1.807) is 0 Å². The molecule has 0 saturated carbocycles. The molecule has 2 heterocycles. The molecule has 0 aromatic carbocycles. The molecule has 2 aliphatic heterocycles. The minimum atomic E-state index is 0.154. The Kier molecular flexibility index (Phi) is 6.49. The molecule has 3 atom stereocenters. The normalized spacial score (nSPS) is 26.8. The van der Waals surface area contributed by atoms with Crippen molar-refractivity contribution in [2.45, 2.75) is 70.9 Å². The summed E-state index contributed by atoms with van der Waals surface area (Å²) in [5.41, 5.74) is 5.78. The van der Waals surface area contributed by atoms with Crippen molar-refractivity contribution in [3.8, 4) is 0 Å². The first kappa shape index (κ1) is 16.8. The van der Waals surface area contributed by atoms with Gasteiger partial charge in [0.05, 0.1) is 0 Å². The second-order valence-corrected chi connectivity index (χ2v) is 7.13. The molecule has 2 saturated heterocycles. The molecular weight excluding hydrogens is 262 g/mol. The van der Waals surface area contributed by atoms with Crippen molar-refractivity contribution in [3.63, 3.8) is 0 Å². The van der Waals surface area contributed by atoms with Crippen LogP contribution < -0.4 is 5.73 Å². The van der Waals surface area contributed by atoms with Gasteiger partial charge in [0.1, 0.15) is 0 Å². The van der Waals surface area contributed by atoms with Gasteiger partial charge in [0, 0.05) is 31.1 Å². The van der Waals surface area contributed by atoms with Gasteiger partial charge >= 0.3 is 0 Å². The van der Waals surface area contributed by atoms with Gasteiger partial charge < -0.3 is 10.6 Å². The number of nitrogens with two attached hydrogens (primary N) is 1. The fraction of sp³-hybridized carbons (Fsp3) is 0.941. The third kappa shape index (κ3) is 4.96. The van der Waals surface area contributed by atoms with Crippen LogP contribution in [0.15, 0.2) is 0 Å². The third-order valence-electron chi connectivity index (χ3n) is 5.08. The lowest BCUT2D eigenvalue weighted by Crippen LogP contribution is -2.50. The summed E-state index contributed by atoms with van der Waals surface area (Å²) in [6, 6.07) is 0.864. The van der Waals surface area contributed by atoms with E-state index < -0.39 is 0 Å². The molecule has 2 rings (SSSR count). The standard InChI is InChI=1S/C17H33N3O/c1-14(7-5-8-15(2)18)17(21)20-12-6-9-16(13-20)19-10-3-4-11-19/h14-16H,3-13,18H2,1-2H3. The third-order valence-corrected chi connectivity index (χ3v) is 5.08. The van der Waals surface area contributed by atoms with Crippen molar-refractivity contribution in [3.05, 3.63) is 0 Å². The summed E-state index contributed by atoms with van der Waals surface area (Å²) in [6.07, 6.45) is 8.16. The van der Waals surface area contributed by atoms with Crippen molar-refractivity contribution >= 4 is 5.91 Å². The molecule has 21 heavy (non-hydrogen) atoms. The number of hydrogen-bond donors (Lipinski definition) is 1. The Balaban J connectivity index is 1.77. The van der Waals surface area contributed by atoms with Crippen LogP contribution in [0.2, 0.25) is 0 Å². The number of likely N-dealkylation sites (tertiary alicyclic amines) is 2. The molecule has 122 valence electrons. The highest BCUT2D eigenvalue weighted by molar-refractivity contribution is 5.78. The zero-order valence-electron chi connectivity index (χ0n) is 13.9. The number of rotatable bonds is 6. The lowest BCUT2D eigenvalue weighted by atomic mass is 9.98. The molecule has 3 unspecified atom stereocenters. The Bertz CT molecular complexity index is 326. The average Bonchev–Trinajstić information content (AvgIpc) is 3.00. The zero-order valence-corrected chi connectivity index (χ0v) is 13.9. The molecule has 2 N–H and O–H groups in total. The van der Waals surface area contributed by atoms with Gasteiger partial charge in [-0.3, -0.25) is 9.69 Å². The van der Waals surface area contributed by atoms with Crippen LogP contribution in [0.4, 0.5) is 0 Å². The summed E-state index contributed by atoms with van der Waals surface area (Å²) < 4.78 is 0. The summed E-state index contributed by atoms with van der Waals surface area (Å²) in [4.78, 5) is 17.3. The van der Waals surface area contributed by atoms with Gasteiger partial charge in [-0.15, -0.1) is 0 Å². The number of hydrogen-bond acceptors (Lipinski definition) is 3. The predicted molar refractivity (Wildman–Crippen MR) is 87.1 cm³/mol. The van der Waals surface area contributed by atoms with Crippen LogP contribution in [0, 0.1) is 5.92 Å². The maximum Gasteiger partial charge on any atom is 0.225 e. The van der Waals surface area contributed by atoms with Crippen molar-refractivity contribution < 1.29 is 4.79 Å². The Morgan fingerprint density at radius 1 is 1.14 bits per heavy atom. The molecule has 4 nitrogen and oxygen atoms in total. The first-order valence-electron chi connectivity index (χ1n) is 8.86. The topological polar surface area (TPSA) is 49.6 Å². The molecule has 0 aliphatic carbocycles. The minimum Gasteiger partial charge on any atom is -0.341 e. The quantitative estimate of drug-likeness (QED) is 0.817. The molecule has 4 heteroatoms. The van der Waals surface area contributed by atoms with Gasteiger partial charge in [0.15, 0.2) is 0 Å². The van der Waals surface area contributed by atoms with E-state index in [9.17, 15) is 4.79 Å². The highest BCUT2D eigenvalue weighted by Gasteiger charge is 2.30. The van der Waals surface area contributed by atoms with Crippen molar-refractivity contribution in [1.29, 1.82) is 0 Å². The molecular formula is C17H33N3O. The van der Waals surface area contributed by atoms with E-state index >= 15 is 0 Å². The molecule has 0 radical (unpaired) electrons. The lowest BCUT2D eigenvalue weighted by molar-refractivity contribution is -0.137. The van der Waals surface area contributed by atoms with Gasteiger partial charge in [-0.25, -0.2) is 0 Å². The van der Waals surface area contributed by atoms with Crippen LogP contribution in [-0.4, -0.2) is 54.0 Å².